The lowest BCUT2D eigenvalue weighted by Crippen LogP contribution is -2.49. The second-order valence-electron chi connectivity index (χ2n) is 3.00. The highest BCUT2D eigenvalue weighted by Crippen LogP contribution is 2.02. The molecule has 1 rings (SSSR count). The predicted molar refractivity (Wildman–Crippen MR) is 45.4 cm³/mol. The average Bonchev–Trinajstić information content (AvgIpc) is 2.12. The molecule has 1 saturated heterocycles. The van der Waals surface area contributed by atoms with E-state index in [2.05, 4.69) is 4.74 Å². The highest BCUT2D eigenvalue weighted by molar-refractivity contribution is 5.98. The molecule has 14 heavy (non-hydrogen) atoms. The van der Waals surface area contributed by atoms with Gasteiger partial charge >= 0.3 is 0 Å². The first-order chi connectivity index (χ1) is 6.65. The first kappa shape index (κ1) is 11.1. The maximum atomic E-state index is 11.2. The van der Waals surface area contributed by atoms with Gasteiger partial charge in [-0.15, -0.1) is 0 Å². The van der Waals surface area contributed by atoms with Gasteiger partial charge in [0, 0.05) is 7.11 Å². The molecular formula is C8H13NO5. The van der Waals surface area contributed by atoms with E-state index in [0.29, 0.717) is 0 Å². The summed E-state index contributed by atoms with van der Waals surface area (Å²) in [6.45, 7) is -0.149. The van der Waals surface area contributed by atoms with Gasteiger partial charge in [-0.25, -0.2) is 0 Å². The van der Waals surface area contributed by atoms with Crippen LogP contribution in [-0.4, -0.2) is 61.4 Å². The summed E-state index contributed by atoms with van der Waals surface area (Å²) in [5, 5.41) is 9.33. The molecule has 0 aromatic carbocycles. The van der Waals surface area contributed by atoms with E-state index < -0.39 is 17.9 Å². The van der Waals surface area contributed by atoms with Crippen LogP contribution < -0.4 is 0 Å². The number of carbonyl (C=O) groups is 2. The van der Waals surface area contributed by atoms with Crippen molar-refractivity contribution >= 4 is 11.8 Å². The first-order valence-electron chi connectivity index (χ1n) is 4.23. The van der Waals surface area contributed by atoms with E-state index in [1.54, 1.807) is 0 Å². The summed E-state index contributed by atoms with van der Waals surface area (Å²) in [6, 6.07) is 0. The van der Waals surface area contributed by atoms with Gasteiger partial charge in [0.2, 0.25) is 0 Å². The van der Waals surface area contributed by atoms with Gasteiger partial charge in [0.15, 0.2) is 0 Å². The van der Waals surface area contributed by atoms with Crippen molar-refractivity contribution in [3.8, 4) is 0 Å². The van der Waals surface area contributed by atoms with Gasteiger partial charge in [-0.05, 0) is 0 Å². The zero-order valence-electron chi connectivity index (χ0n) is 7.93. The monoisotopic (exact) mass is 203 g/mol. The number of nitrogens with zero attached hydrogens (tertiary/aromatic N) is 1. The molecule has 1 N–H and O–H groups in total. The van der Waals surface area contributed by atoms with Crippen molar-refractivity contribution in [3.63, 3.8) is 0 Å². The number of carbonyl (C=O) groups excluding carboxylic acids is 2. The van der Waals surface area contributed by atoms with Crippen LogP contribution >= 0.6 is 0 Å². The largest absolute Gasteiger partial charge is 0.389 e. The zero-order chi connectivity index (χ0) is 10.6. The Kier molecular flexibility index (Phi) is 3.99. The highest BCUT2D eigenvalue weighted by Gasteiger charge is 2.28. The lowest BCUT2D eigenvalue weighted by Gasteiger charge is -2.26. The Balaban J connectivity index is 2.47. The number of ether oxygens (including phenoxy) is 2. The molecule has 1 fully saturated rings. The van der Waals surface area contributed by atoms with E-state index >= 15 is 0 Å². The summed E-state index contributed by atoms with van der Waals surface area (Å²) in [5.41, 5.74) is 0. The summed E-state index contributed by atoms with van der Waals surface area (Å²) >= 11 is 0. The molecule has 80 valence electrons. The summed E-state index contributed by atoms with van der Waals surface area (Å²) in [4.78, 5) is 23.3. The Labute approximate surface area is 81.4 Å². The molecule has 1 aliphatic rings. The zero-order valence-corrected chi connectivity index (χ0v) is 7.93. The van der Waals surface area contributed by atoms with E-state index in [1.165, 1.54) is 7.11 Å². The fourth-order valence-electron chi connectivity index (χ4n) is 1.18. The summed E-state index contributed by atoms with van der Waals surface area (Å²) in [7, 11) is 1.44. The SMILES string of the molecule is COCC(O)CN1C(=O)COCC1=O. The fourth-order valence-corrected chi connectivity index (χ4v) is 1.18. The third-order valence-electron chi connectivity index (χ3n) is 1.81. The van der Waals surface area contributed by atoms with Crippen molar-refractivity contribution in [3.05, 3.63) is 0 Å². The van der Waals surface area contributed by atoms with Crippen LogP contribution in [0.1, 0.15) is 0 Å². The van der Waals surface area contributed by atoms with Crippen LogP contribution in [0.15, 0.2) is 0 Å². The quantitative estimate of drug-likeness (QED) is 0.556. The van der Waals surface area contributed by atoms with Crippen LogP contribution in [0.3, 0.4) is 0 Å². The third kappa shape index (κ3) is 2.76. The lowest BCUT2D eigenvalue weighted by molar-refractivity contribution is -0.160. The number of rotatable bonds is 4. The molecule has 0 saturated carbocycles. The van der Waals surface area contributed by atoms with Gasteiger partial charge < -0.3 is 14.6 Å². The average molecular weight is 203 g/mol. The van der Waals surface area contributed by atoms with E-state index in [1.807, 2.05) is 0 Å². The van der Waals surface area contributed by atoms with Crippen LogP contribution in [-0.2, 0) is 19.1 Å². The molecule has 0 bridgehead atoms. The number of imide groups is 1. The Hall–Kier alpha value is -0.980. The summed E-state index contributed by atoms with van der Waals surface area (Å²) in [6.07, 6.45) is -0.842. The van der Waals surface area contributed by atoms with Crippen LogP contribution in [0.25, 0.3) is 0 Å². The topological polar surface area (TPSA) is 76.1 Å². The molecule has 1 aliphatic heterocycles. The highest BCUT2D eigenvalue weighted by atomic mass is 16.5. The number of aliphatic hydroxyl groups is 1. The molecule has 0 spiro atoms. The molecular weight excluding hydrogens is 190 g/mol. The van der Waals surface area contributed by atoms with Crippen molar-refractivity contribution in [1.82, 2.24) is 4.90 Å². The molecule has 0 aromatic heterocycles. The van der Waals surface area contributed by atoms with Crippen molar-refractivity contribution in [2.45, 2.75) is 6.10 Å². The van der Waals surface area contributed by atoms with Crippen molar-refractivity contribution < 1.29 is 24.2 Å². The Morgan fingerprint density at radius 3 is 2.57 bits per heavy atom. The Morgan fingerprint density at radius 2 is 2.07 bits per heavy atom. The summed E-state index contributed by atoms with van der Waals surface area (Å²) < 4.78 is 9.40. The molecule has 6 heteroatoms. The smallest absolute Gasteiger partial charge is 0.255 e. The van der Waals surface area contributed by atoms with E-state index in [-0.39, 0.29) is 26.4 Å². The maximum absolute atomic E-state index is 11.2. The van der Waals surface area contributed by atoms with Crippen LogP contribution in [0, 0.1) is 0 Å². The van der Waals surface area contributed by atoms with Crippen molar-refractivity contribution in [2.24, 2.45) is 0 Å². The molecule has 1 atom stereocenters. The maximum Gasteiger partial charge on any atom is 0.255 e. The number of methoxy groups -OCH3 is 1. The van der Waals surface area contributed by atoms with Gasteiger partial charge in [-0.1, -0.05) is 0 Å². The number of amides is 2. The number of hydrogen-bond acceptors (Lipinski definition) is 5. The third-order valence-corrected chi connectivity index (χ3v) is 1.81. The predicted octanol–water partition coefficient (Wildman–Crippen LogP) is -1.62. The number of β-amino-alcohol motifs (C(OH)–C–C–N with tert-alkyl or cyclic N) is 1. The van der Waals surface area contributed by atoms with E-state index in [4.69, 9.17) is 4.74 Å². The normalized spacial score (nSPS) is 20.0. The van der Waals surface area contributed by atoms with Crippen molar-refractivity contribution in [2.75, 3.05) is 33.5 Å². The molecule has 0 aliphatic carbocycles. The van der Waals surface area contributed by atoms with Crippen molar-refractivity contribution in [1.29, 1.82) is 0 Å². The molecule has 1 heterocycles. The van der Waals surface area contributed by atoms with Gasteiger partial charge in [0.1, 0.15) is 13.2 Å². The van der Waals surface area contributed by atoms with E-state index in [9.17, 15) is 14.7 Å². The van der Waals surface area contributed by atoms with Gasteiger partial charge in [0.05, 0.1) is 19.3 Å². The molecule has 2 amide bonds. The van der Waals surface area contributed by atoms with Gasteiger partial charge in [-0.3, -0.25) is 14.5 Å². The lowest BCUT2D eigenvalue weighted by atomic mass is 10.3. The molecule has 6 nitrogen and oxygen atoms in total. The number of hydrogen-bond donors (Lipinski definition) is 1. The van der Waals surface area contributed by atoms with Gasteiger partial charge in [-0.2, -0.15) is 0 Å². The second-order valence-corrected chi connectivity index (χ2v) is 3.00. The minimum absolute atomic E-state index is 0.0329. The van der Waals surface area contributed by atoms with Crippen LogP contribution in [0.2, 0.25) is 0 Å². The standard InChI is InChI=1S/C8H13NO5/c1-13-3-6(10)2-9-7(11)4-14-5-8(9)12/h6,10H,2-5H2,1H3. The van der Waals surface area contributed by atoms with Crippen LogP contribution in [0.4, 0.5) is 0 Å². The fraction of sp³-hybridized carbons (Fsp3) is 0.750. The van der Waals surface area contributed by atoms with Crippen LogP contribution in [0.5, 0.6) is 0 Å². The first-order valence-corrected chi connectivity index (χ1v) is 4.23. The minimum atomic E-state index is -0.842. The summed E-state index contributed by atoms with van der Waals surface area (Å²) in [5.74, 6) is -0.840. The second kappa shape index (κ2) is 5.04. The Morgan fingerprint density at radius 1 is 1.50 bits per heavy atom. The number of morpholine rings is 1. The Bertz CT molecular complexity index is 214. The molecule has 0 radical (unpaired) electrons. The molecule has 1 unspecified atom stereocenters. The molecule has 0 aromatic rings. The number of aliphatic hydroxyl groups excluding tert-OH is 1. The van der Waals surface area contributed by atoms with E-state index in [0.717, 1.165) is 4.90 Å². The van der Waals surface area contributed by atoms with Gasteiger partial charge in [0.25, 0.3) is 11.8 Å². The minimum Gasteiger partial charge on any atom is -0.389 e.